The molecule has 0 amide bonds. The van der Waals surface area contributed by atoms with Crippen molar-refractivity contribution in [1.29, 1.82) is 0 Å². The highest BCUT2D eigenvalue weighted by molar-refractivity contribution is 5.85. The second-order valence-electron chi connectivity index (χ2n) is 1.27. The van der Waals surface area contributed by atoms with Crippen molar-refractivity contribution >= 4 is 18.4 Å². The number of esters is 1. The molecule has 0 aromatic rings. The van der Waals surface area contributed by atoms with Crippen LogP contribution in [0.4, 0.5) is 0 Å². The topological polar surface area (TPSA) is 61.5 Å². The molecule has 0 bridgehead atoms. The highest BCUT2D eigenvalue weighted by Crippen LogP contribution is 1.84. The van der Waals surface area contributed by atoms with Crippen molar-refractivity contribution in [2.45, 2.75) is 0 Å². The minimum Gasteiger partial charge on any atom is -0.482 e. The van der Waals surface area contributed by atoms with Gasteiger partial charge in [-0.15, -0.1) is 12.4 Å². The van der Waals surface area contributed by atoms with Crippen molar-refractivity contribution in [1.82, 2.24) is 0 Å². The van der Waals surface area contributed by atoms with Crippen molar-refractivity contribution in [3.8, 4) is 0 Å². The molecule has 2 N–H and O–H groups in total. The van der Waals surface area contributed by atoms with Gasteiger partial charge in [-0.25, -0.2) is 4.79 Å². The second kappa shape index (κ2) is 6.22. The van der Waals surface area contributed by atoms with E-state index in [0.29, 0.717) is 0 Å². The standard InChI is InChI=1S/C5H9NO3.ClH/c1-8-4(6)3-5(7)9-2;/h3H,6H2,1-2H3;1H/b4-3+;. The Morgan fingerprint density at radius 1 is 1.40 bits per heavy atom. The zero-order valence-electron chi connectivity index (χ0n) is 5.79. The van der Waals surface area contributed by atoms with E-state index in [1.54, 1.807) is 0 Å². The van der Waals surface area contributed by atoms with Crippen LogP contribution in [0, 0.1) is 0 Å². The number of hydrogen-bond acceptors (Lipinski definition) is 4. The van der Waals surface area contributed by atoms with Gasteiger partial charge in [0.2, 0.25) is 0 Å². The van der Waals surface area contributed by atoms with Crippen molar-refractivity contribution in [2.24, 2.45) is 5.73 Å². The van der Waals surface area contributed by atoms with E-state index in [0.717, 1.165) is 6.08 Å². The Morgan fingerprint density at radius 3 is 2.20 bits per heavy atom. The van der Waals surface area contributed by atoms with Gasteiger partial charge in [0.15, 0.2) is 5.88 Å². The number of rotatable bonds is 2. The lowest BCUT2D eigenvalue weighted by Crippen LogP contribution is -2.04. The first-order valence-electron chi connectivity index (χ1n) is 2.29. The zero-order valence-corrected chi connectivity index (χ0v) is 6.60. The van der Waals surface area contributed by atoms with Gasteiger partial charge in [0.25, 0.3) is 0 Å². The monoisotopic (exact) mass is 167 g/mol. The summed E-state index contributed by atoms with van der Waals surface area (Å²) in [6, 6.07) is 0. The highest BCUT2D eigenvalue weighted by atomic mass is 35.5. The molecule has 0 atom stereocenters. The van der Waals surface area contributed by atoms with Crippen LogP contribution < -0.4 is 5.73 Å². The summed E-state index contributed by atoms with van der Waals surface area (Å²) in [5.41, 5.74) is 5.09. The Kier molecular flexibility index (Phi) is 7.37. The number of methoxy groups -OCH3 is 2. The van der Waals surface area contributed by atoms with Gasteiger partial charge >= 0.3 is 5.97 Å². The van der Waals surface area contributed by atoms with E-state index in [1.807, 2.05) is 0 Å². The molecule has 0 aliphatic carbocycles. The van der Waals surface area contributed by atoms with Gasteiger partial charge in [-0.1, -0.05) is 0 Å². The Bertz CT molecular complexity index is 135. The second-order valence-corrected chi connectivity index (χ2v) is 1.27. The molecule has 0 unspecified atom stereocenters. The molecule has 0 saturated carbocycles. The van der Waals surface area contributed by atoms with Crippen molar-refractivity contribution in [3.63, 3.8) is 0 Å². The number of halogens is 1. The minimum absolute atomic E-state index is 0. The lowest BCUT2D eigenvalue weighted by atomic mass is 10.6. The van der Waals surface area contributed by atoms with Crippen LogP contribution in [0.2, 0.25) is 0 Å². The fourth-order valence-electron chi connectivity index (χ4n) is 0.234. The molecule has 0 saturated heterocycles. The summed E-state index contributed by atoms with van der Waals surface area (Å²) in [5.74, 6) is -0.476. The van der Waals surface area contributed by atoms with Gasteiger partial charge in [0, 0.05) is 0 Å². The van der Waals surface area contributed by atoms with E-state index >= 15 is 0 Å². The fraction of sp³-hybridized carbons (Fsp3) is 0.400. The summed E-state index contributed by atoms with van der Waals surface area (Å²) >= 11 is 0. The maximum absolute atomic E-state index is 10.3. The molecule has 4 nitrogen and oxygen atoms in total. The predicted molar refractivity (Wildman–Crippen MR) is 38.5 cm³/mol. The third kappa shape index (κ3) is 5.24. The average Bonchev–Trinajstić information content (AvgIpc) is 1.87. The van der Waals surface area contributed by atoms with Gasteiger partial charge < -0.3 is 15.2 Å². The van der Waals surface area contributed by atoms with Crippen LogP contribution in [0.1, 0.15) is 0 Å². The molecule has 0 aromatic carbocycles. The quantitative estimate of drug-likeness (QED) is 0.358. The van der Waals surface area contributed by atoms with Crippen molar-refractivity contribution < 1.29 is 14.3 Å². The lowest BCUT2D eigenvalue weighted by molar-refractivity contribution is -0.135. The SMILES string of the molecule is COC(=O)/C=C(\N)OC.Cl. The van der Waals surface area contributed by atoms with E-state index in [2.05, 4.69) is 9.47 Å². The Hall–Kier alpha value is -0.900. The van der Waals surface area contributed by atoms with Crippen LogP contribution in [-0.4, -0.2) is 20.2 Å². The fourth-order valence-corrected chi connectivity index (χ4v) is 0.234. The minimum atomic E-state index is -0.519. The van der Waals surface area contributed by atoms with Gasteiger partial charge in [-0.05, 0) is 0 Å². The molecular formula is C5H10ClNO3. The number of hydrogen-bond donors (Lipinski definition) is 1. The van der Waals surface area contributed by atoms with Gasteiger partial charge in [-0.3, -0.25) is 0 Å². The molecular weight excluding hydrogens is 158 g/mol. The summed E-state index contributed by atoms with van der Waals surface area (Å²) in [5, 5.41) is 0. The van der Waals surface area contributed by atoms with E-state index in [4.69, 9.17) is 5.73 Å². The molecule has 0 radical (unpaired) electrons. The molecule has 10 heavy (non-hydrogen) atoms. The maximum atomic E-state index is 10.3. The molecule has 5 heteroatoms. The third-order valence-corrected chi connectivity index (χ3v) is 0.697. The van der Waals surface area contributed by atoms with Crippen LogP contribution >= 0.6 is 12.4 Å². The maximum Gasteiger partial charge on any atom is 0.335 e. The zero-order chi connectivity index (χ0) is 7.28. The lowest BCUT2D eigenvalue weighted by Gasteiger charge is -1.95. The molecule has 0 fully saturated rings. The average molecular weight is 168 g/mol. The molecule has 0 heterocycles. The summed E-state index contributed by atoms with van der Waals surface area (Å²) in [6.07, 6.45) is 1.06. The normalized spacial score (nSPS) is 9.60. The number of nitrogens with two attached hydrogens (primary N) is 1. The van der Waals surface area contributed by atoms with Crippen LogP contribution in [0.25, 0.3) is 0 Å². The Labute approximate surface area is 65.4 Å². The van der Waals surface area contributed by atoms with E-state index in [-0.39, 0.29) is 18.3 Å². The van der Waals surface area contributed by atoms with E-state index < -0.39 is 5.97 Å². The smallest absolute Gasteiger partial charge is 0.335 e. The van der Waals surface area contributed by atoms with Crippen molar-refractivity contribution in [3.05, 3.63) is 12.0 Å². The number of carbonyl (C=O) groups is 1. The summed E-state index contributed by atoms with van der Waals surface area (Å²) < 4.78 is 8.71. The Balaban J connectivity index is 0. The largest absolute Gasteiger partial charge is 0.482 e. The molecule has 0 spiro atoms. The van der Waals surface area contributed by atoms with Crippen LogP contribution in [0.15, 0.2) is 12.0 Å². The van der Waals surface area contributed by atoms with E-state index in [1.165, 1.54) is 14.2 Å². The van der Waals surface area contributed by atoms with Crippen LogP contribution in [-0.2, 0) is 14.3 Å². The van der Waals surface area contributed by atoms with Crippen LogP contribution in [0.5, 0.6) is 0 Å². The van der Waals surface area contributed by atoms with Crippen LogP contribution in [0.3, 0.4) is 0 Å². The number of carbonyl (C=O) groups excluding carboxylic acids is 1. The summed E-state index contributed by atoms with van der Waals surface area (Å²) in [4.78, 5) is 10.3. The number of ether oxygens (including phenoxy) is 2. The Morgan fingerprint density at radius 2 is 1.90 bits per heavy atom. The predicted octanol–water partition coefficient (Wildman–Crippen LogP) is 0.0277. The molecule has 0 aromatic heterocycles. The van der Waals surface area contributed by atoms with Gasteiger partial charge in [0.05, 0.1) is 20.3 Å². The van der Waals surface area contributed by atoms with E-state index in [9.17, 15) is 4.79 Å². The third-order valence-electron chi connectivity index (χ3n) is 0.697. The van der Waals surface area contributed by atoms with Gasteiger partial charge in [-0.2, -0.15) is 0 Å². The first-order chi connectivity index (χ1) is 4.20. The summed E-state index contributed by atoms with van der Waals surface area (Å²) in [7, 11) is 2.64. The first kappa shape index (κ1) is 11.8. The van der Waals surface area contributed by atoms with Gasteiger partial charge in [0.1, 0.15) is 0 Å². The summed E-state index contributed by atoms with van der Waals surface area (Å²) in [6.45, 7) is 0. The first-order valence-corrected chi connectivity index (χ1v) is 2.29. The van der Waals surface area contributed by atoms with Crippen molar-refractivity contribution in [2.75, 3.05) is 14.2 Å². The molecule has 0 rings (SSSR count). The molecule has 0 aliphatic rings. The molecule has 60 valence electrons. The highest BCUT2D eigenvalue weighted by Gasteiger charge is 1.94. The molecule has 0 aliphatic heterocycles.